The van der Waals surface area contributed by atoms with Gasteiger partial charge in [0.05, 0.1) is 5.69 Å². The van der Waals surface area contributed by atoms with Crippen molar-refractivity contribution in [1.29, 1.82) is 0 Å². The van der Waals surface area contributed by atoms with E-state index in [0.29, 0.717) is 11.4 Å². The maximum atomic E-state index is 11.8. The molecule has 0 spiro atoms. The normalized spacial score (nSPS) is 13.4. The first-order chi connectivity index (χ1) is 10.0. The summed E-state index contributed by atoms with van der Waals surface area (Å²) >= 11 is 0. The molecule has 112 valence electrons. The first-order valence-electron chi connectivity index (χ1n) is 6.52. The quantitative estimate of drug-likeness (QED) is 0.884. The standard InChI is InChI=1S/C14H18N4O2S/c1-11(10-21(2)20)16-14(19)17-12-4-6-13(7-5-12)18-9-3-8-15-18/h3-9,11H,10H2,1-2H3,(H2,16,17,19)/t11-,21+/m0/s1. The van der Waals surface area contributed by atoms with Gasteiger partial charge in [0, 0.05) is 46.9 Å². The van der Waals surface area contributed by atoms with E-state index in [-0.39, 0.29) is 12.1 Å². The van der Waals surface area contributed by atoms with Crippen LogP contribution >= 0.6 is 0 Å². The molecule has 1 aromatic heterocycles. The van der Waals surface area contributed by atoms with Crippen molar-refractivity contribution in [2.24, 2.45) is 0 Å². The number of carbonyl (C=O) groups excluding carboxylic acids is 1. The first kappa shape index (κ1) is 15.2. The van der Waals surface area contributed by atoms with E-state index in [1.807, 2.05) is 31.3 Å². The van der Waals surface area contributed by atoms with Gasteiger partial charge in [-0.1, -0.05) is 0 Å². The summed E-state index contributed by atoms with van der Waals surface area (Å²) in [6.07, 6.45) is 5.17. The van der Waals surface area contributed by atoms with Gasteiger partial charge in [-0.15, -0.1) is 0 Å². The molecule has 2 atom stereocenters. The van der Waals surface area contributed by atoms with Gasteiger partial charge in [-0.25, -0.2) is 9.48 Å². The van der Waals surface area contributed by atoms with Crippen LogP contribution in [0.15, 0.2) is 42.7 Å². The summed E-state index contributed by atoms with van der Waals surface area (Å²) in [4.78, 5) is 11.8. The molecule has 2 N–H and O–H groups in total. The molecule has 0 radical (unpaired) electrons. The fraction of sp³-hybridized carbons (Fsp3) is 0.286. The molecule has 2 amide bonds. The minimum Gasteiger partial charge on any atom is -0.334 e. The van der Waals surface area contributed by atoms with Crippen LogP contribution in [0.2, 0.25) is 0 Å². The van der Waals surface area contributed by atoms with E-state index in [2.05, 4.69) is 15.7 Å². The Bertz CT molecular complexity index is 610. The Hall–Kier alpha value is -2.15. The van der Waals surface area contributed by atoms with Crippen molar-refractivity contribution in [2.75, 3.05) is 17.3 Å². The van der Waals surface area contributed by atoms with Crippen LogP contribution in [0.4, 0.5) is 10.5 Å². The molecule has 2 aromatic rings. The second-order valence-electron chi connectivity index (χ2n) is 4.74. The van der Waals surface area contributed by atoms with Crippen molar-refractivity contribution >= 4 is 22.5 Å². The van der Waals surface area contributed by atoms with Crippen LogP contribution in [0.5, 0.6) is 0 Å². The molecular formula is C14H18N4O2S. The van der Waals surface area contributed by atoms with Crippen LogP contribution in [0, 0.1) is 0 Å². The molecule has 6 nitrogen and oxygen atoms in total. The van der Waals surface area contributed by atoms with E-state index in [9.17, 15) is 9.00 Å². The Kier molecular flexibility index (Phi) is 5.10. The molecule has 0 aliphatic rings. The third kappa shape index (κ3) is 4.71. The fourth-order valence-electron chi connectivity index (χ4n) is 1.90. The summed E-state index contributed by atoms with van der Waals surface area (Å²) in [6.45, 7) is 1.82. The van der Waals surface area contributed by atoms with Crippen molar-refractivity contribution in [3.05, 3.63) is 42.7 Å². The van der Waals surface area contributed by atoms with Gasteiger partial charge in [0.15, 0.2) is 0 Å². The van der Waals surface area contributed by atoms with Crippen molar-refractivity contribution in [3.63, 3.8) is 0 Å². The molecule has 0 saturated carbocycles. The van der Waals surface area contributed by atoms with Gasteiger partial charge < -0.3 is 10.6 Å². The lowest BCUT2D eigenvalue weighted by atomic mass is 10.3. The lowest BCUT2D eigenvalue weighted by molar-refractivity contribution is 0.250. The lowest BCUT2D eigenvalue weighted by Crippen LogP contribution is -2.39. The minimum atomic E-state index is -0.931. The smallest absolute Gasteiger partial charge is 0.319 e. The predicted octanol–water partition coefficient (Wildman–Crippen LogP) is 1.76. The van der Waals surface area contributed by atoms with Crippen LogP contribution < -0.4 is 10.6 Å². The molecule has 0 aliphatic carbocycles. The average Bonchev–Trinajstić information content (AvgIpc) is 2.92. The van der Waals surface area contributed by atoms with Crippen molar-refractivity contribution in [2.45, 2.75) is 13.0 Å². The lowest BCUT2D eigenvalue weighted by Gasteiger charge is -2.13. The molecule has 7 heteroatoms. The molecule has 1 heterocycles. The first-order valence-corrected chi connectivity index (χ1v) is 8.25. The highest BCUT2D eigenvalue weighted by atomic mass is 32.2. The summed E-state index contributed by atoms with van der Waals surface area (Å²) in [7, 11) is -0.931. The predicted molar refractivity (Wildman–Crippen MR) is 84.1 cm³/mol. The molecular weight excluding hydrogens is 288 g/mol. The van der Waals surface area contributed by atoms with E-state index < -0.39 is 10.8 Å². The molecule has 0 bridgehead atoms. The van der Waals surface area contributed by atoms with Crippen molar-refractivity contribution < 1.29 is 9.00 Å². The Morgan fingerprint density at radius 1 is 1.38 bits per heavy atom. The second kappa shape index (κ2) is 7.03. The van der Waals surface area contributed by atoms with Crippen LogP contribution in [-0.4, -0.2) is 38.1 Å². The van der Waals surface area contributed by atoms with E-state index >= 15 is 0 Å². The number of rotatable bonds is 5. The number of nitrogens with one attached hydrogen (secondary N) is 2. The minimum absolute atomic E-state index is 0.140. The maximum Gasteiger partial charge on any atom is 0.319 e. The Morgan fingerprint density at radius 2 is 2.10 bits per heavy atom. The van der Waals surface area contributed by atoms with Crippen molar-refractivity contribution in [1.82, 2.24) is 15.1 Å². The summed E-state index contributed by atoms with van der Waals surface area (Å²) in [5.41, 5.74) is 1.61. The van der Waals surface area contributed by atoms with Crippen LogP contribution in [0.25, 0.3) is 5.69 Å². The van der Waals surface area contributed by atoms with Gasteiger partial charge in [0.1, 0.15) is 0 Å². The van der Waals surface area contributed by atoms with E-state index in [1.54, 1.807) is 29.3 Å². The SMILES string of the molecule is C[C@@H](C[S@@](C)=O)NC(=O)Nc1ccc(-n2cccn2)cc1. The summed E-state index contributed by atoms with van der Waals surface area (Å²) in [6, 6.07) is 8.75. The van der Waals surface area contributed by atoms with Gasteiger partial charge >= 0.3 is 6.03 Å². The highest BCUT2D eigenvalue weighted by Gasteiger charge is 2.08. The third-order valence-electron chi connectivity index (χ3n) is 2.76. The number of hydrogen-bond donors (Lipinski definition) is 2. The number of nitrogens with zero attached hydrogens (tertiary/aromatic N) is 2. The molecule has 21 heavy (non-hydrogen) atoms. The third-order valence-corrected chi connectivity index (χ3v) is 3.73. The number of anilines is 1. The number of carbonyl (C=O) groups is 1. The summed E-state index contributed by atoms with van der Waals surface area (Å²) < 4.78 is 12.8. The fourth-order valence-corrected chi connectivity index (χ4v) is 2.69. The molecule has 0 saturated heterocycles. The van der Waals surface area contributed by atoms with Gasteiger partial charge in [-0.05, 0) is 37.3 Å². The Balaban J connectivity index is 1.91. The van der Waals surface area contributed by atoms with Gasteiger partial charge in [0.25, 0.3) is 0 Å². The molecule has 2 rings (SSSR count). The van der Waals surface area contributed by atoms with Gasteiger partial charge in [-0.2, -0.15) is 5.10 Å². The zero-order chi connectivity index (χ0) is 15.2. The molecule has 0 aliphatic heterocycles. The van der Waals surface area contributed by atoms with Gasteiger partial charge in [0.2, 0.25) is 0 Å². The number of benzene rings is 1. The van der Waals surface area contributed by atoms with E-state index in [0.717, 1.165) is 5.69 Å². The number of aromatic nitrogens is 2. The summed E-state index contributed by atoms with van der Waals surface area (Å²) in [5.74, 6) is 0.436. The monoisotopic (exact) mass is 306 g/mol. The zero-order valence-electron chi connectivity index (χ0n) is 11.9. The summed E-state index contributed by atoms with van der Waals surface area (Å²) in [5, 5.41) is 9.61. The van der Waals surface area contributed by atoms with Crippen molar-refractivity contribution in [3.8, 4) is 5.69 Å². The highest BCUT2D eigenvalue weighted by Crippen LogP contribution is 2.12. The van der Waals surface area contributed by atoms with Crippen LogP contribution in [-0.2, 0) is 10.8 Å². The van der Waals surface area contributed by atoms with Crippen LogP contribution in [0.1, 0.15) is 6.92 Å². The second-order valence-corrected chi connectivity index (χ2v) is 6.22. The largest absolute Gasteiger partial charge is 0.334 e. The molecule has 0 fully saturated rings. The molecule has 1 aromatic carbocycles. The van der Waals surface area contributed by atoms with E-state index in [4.69, 9.17) is 0 Å². The number of urea groups is 1. The zero-order valence-corrected chi connectivity index (χ0v) is 12.8. The average molecular weight is 306 g/mol. The topological polar surface area (TPSA) is 76.0 Å². The number of hydrogen-bond acceptors (Lipinski definition) is 3. The van der Waals surface area contributed by atoms with Crippen LogP contribution in [0.3, 0.4) is 0 Å². The highest BCUT2D eigenvalue weighted by molar-refractivity contribution is 7.84. The van der Waals surface area contributed by atoms with E-state index in [1.165, 1.54) is 0 Å². The molecule has 0 unspecified atom stereocenters. The Morgan fingerprint density at radius 3 is 2.67 bits per heavy atom. The van der Waals surface area contributed by atoms with Gasteiger partial charge in [-0.3, -0.25) is 4.21 Å². The number of amides is 2. The maximum absolute atomic E-state index is 11.8. The Labute approximate surface area is 126 Å².